The molecule has 0 radical (unpaired) electrons. The molecule has 0 spiro atoms. The first kappa shape index (κ1) is 13.4. The van der Waals surface area contributed by atoms with Gasteiger partial charge < -0.3 is 10.3 Å². The molecule has 0 amide bonds. The molecule has 2 aromatic rings. The van der Waals surface area contributed by atoms with Crippen LogP contribution < -0.4 is 5.73 Å². The summed E-state index contributed by atoms with van der Waals surface area (Å²) in [5.74, 6) is 0.948. The summed E-state index contributed by atoms with van der Waals surface area (Å²) in [6.07, 6.45) is 1.96. The van der Waals surface area contributed by atoms with Crippen LogP contribution in [0.4, 0.5) is 0 Å². The molecular weight excluding hydrogens is 246 g/mol. The van der Waals surface area contributed by atoms with Crippen LogP contribution in [0.1, 0.15) is 39.4 Å². The molecule has 1 atom stereocenters. The molecule has 4 heteroatoms. The zero-order valence-electron chi connectivity index (χ0n) is 11.2. The standard InChI is InChI=1S/C14H20ClN3/c1-4-8-14(3,16)13-17-11-9-10(15)6-7-12(11)18(13)5-2/h6-7,9H,4-5,8,16H2,1-3H3. The summed E-state index contributed by atoms with van der Waals surface area (Å²) >= 11 is 6.02. The molecule has 0 aliphatic carbocycles. The number of hydrogen-bond acceptors (Lipinski definition) is 2. The van der Waals surface area contributed by atoms with Gasteiger partial charge in [-0.15, -0.1) is 0 Å². The maximum Gasteiger partial charge on any atom is 0.129 e. The average Bonchev–Trinajstić information content (AvgIpc) is 2.67. The lowest BCUT2D eigenvalue weighted by Gasteiger charge is -2.24. The number of halogens is 1. The molecule has 1 unspecified atom stereocenters. The molecule has 2 rings (SSSR count). The van der Waals surface area contributed by atoms with Gasteiger partial charge in [-0.1, -0.05) is 24.9 Å². The van der Waals surface area contributed by atoms with E-state index >= 15 is 0 Å². The van der Waals surface area contributed by atoms with Gasteiger partial charge in [-0.25, -0.2) is 4.98 Å². The Labute approximate surface area is 113 Å². The fourth-order valence-corrected chi connectivity index (χ4v) is 2.66. The van der Waals surface area contributed by atoms with Crippen molar-refractivity contribution in [2.24, 2.45) is 5.73 Å². The molecule has 0 saturated carbocycles. The van der Waals surface area contributed by atoms with Gasteiger partial charge in [0.05, 0.1) is 16.6 Å². The molecule has 0 fully saturated rings. The van der Waals surface area contributed by atoms with Crippen molar-refractivity contribution in [3.05, 3.63) is 29.0 Å². The molecule has 0 aliphatic heterocycles. The number of hydrogen-bond donors (Lipinski definition) is 1. The van der Waals surface area contributed by atoms with Crippen LogP contribution in [0.2, 0.25) is 5.02 Å². The molecule has 0 saturated heterocycles. The van der Waals surface area contributed by atoms with Crippen molar-refractivity contribution in [3.8, 4) is 0 Å². The number of nitrogens with two attached hydrogens (primary N) is 1. The van der Waals surface area contributed by atoms with Crippen LogP contribution in [0.25, 0.3) is 11.0 Å². The number of aromatic nitrogens is 2. The normalized spacial score (nSPS) is 14.9. The molecular formula is C14H20ClN3. The van der Waals surface area contributed by atoms with Gasteiger partial charge >= 0.3 is 0 Å². The second kappa shape index (κ2) is 4.90. The molecule has 2 N–H and O–H groups in total. The van der Waals surface area contributed by atoms with Gasteiger partial charge in [0.2, 0.25) is 0 Å². The summed E-state index contributed by atoms with van der Waals surface area (Å²) in [6, 6.07) is 5.81. The molecule has 3 nitrogen and oxygen atoms in total. The smallest absolute Gasteiger partial charge is 0.129 e. The van der Waals surface area contributed by atoms with Crippen molar-refractivity contribution in [1.29, 1.82) is 0 Å². The van der Waals surface area contributed by atoms with Gasteiger partial charge in [-0.05, 0) is 38.5 Å². The Hall–Kier alpha value is -1.06. The Morgan fingerprint density at radius 2 is 2.11 bits per heavy atom. The highest BCUT2D eigenvalue weighted by Gasteiger charge is 2.26. The number of imidazole rings is 1. The van der Waals surface area contributed by atoms with Crippen LogP contribution in [0.15, 0.2) is 18.2 Å². The topological polar surface area (TPSA) is 43.8 Å². The maximum atomic E-state index is 6.41. The predicted molar refractivity (Wildman–Crippen MR) is 76.9 cm³/mol. The third kappa shape index (κ3) is 2.25. The van der Waals surface area contributed by atoms with Gasteiger partial charge in [0.15, 0.2) is 0 Å². The zero-order chi connectivity index (χ0) is 13.3. The van der Waals surface area contributed by atoms with Crippen molar-refractivity contribution < 1.29 is 0 Å². The Bertz CT molecular complexity index is 557. The highest BCUT2D eigenvalue weighted by molar-refractivity contribution is 6.31. The summed E-state index contributed by atoms with van der Waals surface area (Å²) in [7, 11) is 0. The van der Waals surface area contributed by atoms with Crippen LogP contribution in [-0.4, -0.2) is 9.55 Å². The Morgan fingerprint density at radius 3 is 2.72 bits per heavy atom. The van der Waals surface area contributed by atoms with Gasteiger partial charge in [-0.2, -0.15) is 0 Å². The molecule has 1 aromatic carbocycles. The largest absolute Gasteiger partial charge is 0.327 e. The fourth-order valence-electron chi connectivity index (χ4n) is 2.49. The van der Waals surface area contributed by atoms with Gasteiger partial charge in [-0.3, -0.25) is 0 Å². The lowest BCUT2D eigenvalue weighted by Crippen LogP contribution is -2.36. The molecule has 1 aromatic heterocycles. The summed E-state index contributed by atoms with van der Waals surface area (Å²) in [6.45, 7) is 7.16. The second-order valence-electron chi connectivity index (χ2n) is 4.98. The Balaban J connectivity index is 2.63. The van der Waals surface area contributed by atoms with E-state index in [1.54, 1.807) is 0 Å². The van der Waals surface area contributed by atoms with Crippen LogP contribution in [0.5, 0.6) is 0 Å². The van der Waals surface area contributed by atoms with Crippen molar-refractivity contribution in [3.63, 3.8) is 0 Å². The molecule has 18 heavy (non-hydrogen) atoms. The minimum atomic E-state index is -0.393. The number of nitrogens with zero attached hydrogens (tertiary/aromatic N) is 2. The van der Waals surface area contributed by atoms with Crippen molar-refractivity contribution in [2.45, 2.75) is 45.7 Å². The van der Waals surface area contributed by atoms with E-state index < -0.39 is 5.54 Å². The van der Waals surface area contributed by atoms with E-state index in [1.165, 1.54) is 0 Å². The van der Waals surface area contributed by atoms with E-state index in [9.17, 15) is 0 Å². The lowest BCUT2D eigenvalue weighted by molar-refractivity contribution is 0.403. The minimum absolute atomic E-state index is 0.393. The maximum absolute atomic E-state index is 6.41. The fraction of sp³-hybridized carbons (Fsp3) is 0.500. The van der Waals surface area contributed by atoms with Crippen LogP contribution in [0.3, 0.4) is 0 Å². The monoisotopic (exact) mass is 265 g/mol. The first-order chi connectivity index (χ1) is 8.49. The van der Waals surface area contributed by atoms with Crippen molar-refractivity contribution in [1.82, 2.24) is 9.55 Å². The Kier molecular flexibility index (Phi) is 3.64. The second-order valence-corrected chi connectivity index (χ2v) is 5.42. The molecule has 1 heterocycles. The predicted octanol–water partition coefficient (Wildman–Crippen LogP) is 3.68. The van der Waals surface area contributed by atoms with E-state index in [-0.39, 0.29) is 0 Å². The first-order valence-corrected chi connectivity index (χ1v) is 6.82. The third-order valence-corrected chi connectivity index (χ3v) is 3.54. The molecule has 98 valence electrons. The van der Waals surface area contributed by atoms with Crippen LogP contribution in [0, 0.1) is 0 Å². The summed E-state index contributed by atoms with van der Waals surface area (Å²) in [4.78, 5) is 4.69. The van der Waals surface area contributed by atoms with Gasteiger partial charge in [0.25, 0.3) is 0 Å². The molecule has 0 aliphatic rings. The lowest BCUT2D eigenvalue weighted by atomic mass is 9.96. The third-order valence-electron chi connectivity index (χ3n) is 3.31. The summed E-state index contributed by atoms with van der Waals surface area (Å²) in [5, 5.41) is 0.712. The molecule has 0 bridgehead atoms. The van der Waals surface area contributed by atoms with E-state index in [1.807, 2.05) is 25.1 Å². The number of fused-ring (bicyclic) bond motifs is 1. The van der Waals surface area contributed by atoms with E-state index in [0.717, 1.165) is 36.2 Å². The van der Waals surface area contributed by atoms with Crippen molar-refractivity contribution in [2.75, 3.05) is 0 Å². The van der Waals surface area contributed by atoms with E-state index in [2.05, 4.69) is 23.4 Å². The van der Waals surface area contributed by atoms with Crippen LogP contribution >= 0.6 is 11.6 Å². The summed E-state index contributed by atoms with van der Waals surface area (Å²) < 4.78 is 2.18. The quantitative estimate of drug-likeness (QED) is 0.916. The first-order valence-electron chi connectivity index (χ1n) is 6.44. The van der Waals surface area contributed by atoms with Gasteiger partial charge in [0, 0.05) is 11.6 Å². The summed E-state index contributed by atoms with van der Waals surface area (Å²) in [5.41, 5.74) is 8.04. The number of benzene rings is 1. The average molecular weight is 266 g/mol. The van der Waals surface area contributed by atoms with Crippen LogP contribution in [-0.2, 0) is 12.1 Å². The van der Waals surface area contributed by atoms with Crippen molar-refractivity contribution >= 4 is 22.6 Å². The zero-order valence-corrected chi connectivity index (χ0v) is 12.0. The number of aryl methyl sites for hydroxylation is 1. The van der Waals surface area contributed by atoms with Gasteiger partial charge in [0.1, 0.15) is 5.82 Å². The highest BCUT2D eigenvalue weighted by Crippen LogP contribution is 2.28. The van der Waals surface area contributed by atoms with E-state index in [0.29, 0.717) is 5.02 Å². The highest BCUT2D eigenvalue weighted by atomic mass is 35.5. The SMILES string of the molecule is CCCC(C)(N)c1nc2cc(Cl)ccc2n1CC. The van der Waals surface area contributed by atoms with E-state index in [4.69, 9.17) is 17.3 Å². The Morgan fingerprint density at radius 1 is 1.39 bits per heavy atom. The number of rotatable bonds is 4. The minimum Gasteiger partial charge on any atom is -0.327 e.